The Balaban J connectivity index is 0.000000691. The van der Waals surface area contributed by atoms with Crippen molar-refractivity contribution in [3.63, 3.8) is 0 Å². The number of hydrogen-bond acceptors (Lipinski definition) is 3. The molecular formula is C30H46FN3O. The van der Waals surface area contributed by atoms with Gasteiger partial charge in [-0.2, -0.15) is 0 Å². The van der Waals surface area contributed by atoms with Gasteiger partial charge in [0.1, 0.15) is 17.7 Å². The van der Waals surface area contributed by atoms with E-state index in [0.717, 1.165) is 46.0 Å². The fraction of sp³-hybridized carbons (Fsp3) is 0.467. The number of nitrogens with zero attached hydrogens (tertiary/aromatic N) is 3. The number of imidazole rings is 1. The van der Waals surface area contributed by atoms with Crippen LogP contribution in [0.4, 0.5) is 4.39 Å². The van der Waals surface area contributed by atoms with Crippen molar-refractivity contribution in [3.8, 4) is 17.1 Å². The Kier molecular flexibility index (Phi) is 14.5. The lowest BCUT2D eigenvalue weighted by molar-refractivity contribution is 0.237. The van der Waals surface area contributed by atoms with Crippen LogP contribution < -0.4 is 4.74 Å². The molecule has 3 rings (SSSR count). The van der Waals surface area contributed by atoms with E-state index in [1.807, 2.05) is 96.6 Å². The molecule has 0 N–H and O–H groups in total. The van der Waals surface area contributed by atoms with Crippen molar-refractivity contribution in [2.75, 3.05) is 7.11 Å². The third-order valence-electron chi connectivity index (χ3n) is 5.73. The lowest BCUT2D eigenvalue weighted by Gasteiger charge is -2.30. The average Bonchev–Trinajstić information content (AvgIpc) is 3.31. The van der Waals surface area contributed by atoms with E-state index in [4.69, 9.17) is 4.74 Å². The largest absolute Gasteiger partial charge is 0.497 e. The minimum atomic E-state index is -0.983. The van der Waals surface area contributed by atoms with Gasteiger partial charge in [0.2, 0.25) is 0 Å². The third-order valence-corrected chi connectivity index (χ3v) is 5.73. The standard InChI is InChI=1S/C17H23FN2O.C9H11N.2C2H6/c1-11-9-13(21-6)10-14(17(3,4)12(2)18)15(11)16-19-7-8-20(16)5;1-3-8(2)9-6-4-5-7-10-9;2*1-2/h7-10,12H,1-6H3;4-7H,2-3H2,1H3;2*1-2H3/t12-;;;/m1.../s1. The maximum Gasteiger partial charge on any atom is 0.140 e. The number of ether oxygens (including phenoxy) is 1. The van der Waals surface area contributed by atoms with Crippen molar-refractivity contribution in [2.45, 2.75) is 80.3 Å². The Labute approximate surface area is 213 Å². The molecule has 0 radical (unpaired) electrons. The van der Waals surface area contributed by atoms with Crippen molar-refractivity contribution in [3.05, 3.63) is 72.3 Å². The summed E-state index contributed by atoms with van der Waals surface area (Å²) in [5, 5.41) is 0. The molecule has 0 amide bonds. The predicted molar refractivity (Wildman–Crippen MR) is 150 cm³/mol. The van der Waals surface area contributed by atoms with Crippen LogP contribution in [0, 0.1) is 6.92 Å². The van der Waals surface area contributed by atoms with Crippen molar-refractivity contribution in [1.82, 2.24) is 14.5 Å². The summed E-state index contributed by atoms with van der Waals surface area (Å²) < 4.78 is 21.5. The van der Waals surface area contributed by atoms with E-state index in [1.165, 1.54) is 0 Å². The number of aryl methyl sites for hydroxylation is 2. The molecule has 2 heterocycles. The second-order valence-electron chi connectivity index (χ2n) is 8.24. The van der Waals surface area contributed by atoms with Crippen LogP contribution >= 0.6 is 0 Å². The third kappa shape index (κ3) is 8.65. The van der Waals surface area contributed by atoms with Crippen molar-refractivity contribution < 1.29 is 9.13 Å². The fourth-order valence-electron chi connectivity index (χ4n) is 3.25. The maximum atomic E-state index is 14.2. The van der Waals surface area contributed by atoms with Crippen molar-refractivity contribution in [1.29, 1.82) is 0 Å². The van der Waals surface area contributed by atoms with E-state index in [-0.39, 0.29) is 0 Å². The molecule has 0 saturated carbocycles. The van der Waals surface area contributed by atoms with Crippen LogP contribution in [-0.4, -0.2) is 27.8 Å². The first-order valence-corrected chi connectivity index (χ1v) is 12.5. The Morgan fingerprint density at radius 3 is 2.17 bits per heavy atom. The average molecular weight is 484 g/mol. The normalized spacial score (nSPS) is 11.0. The van der Waals surface area contributed by atoms with E-state index in [9.17, 15) is 4.39 Å². The summed E-state index contributed by atoms with van der Waals surface area (Å²) in [7, 11) is 3.58. The van der Waals surface area contributed by atoms with Crippen LogP contribution in [0.25, 0.3) is 17.0 Å². The molecule has 0 aliphatic heterocycles. The van der Waals surface area contributed by atoms with Gasteiger partial charge < -0.3 is 9.30 Å². The quantitative estimate of drug-likeness (QED) is 0.352. The summed E-state index contributed by atoms with van der Waals surface area (Å²) in [6.07, 6.45) is 5.43. The monoisotopic (exact) mass is 483 g/mol. The minimum absolute atomic E-state index is 0.624. The molecule has 35 heavy (non-hydrogen) atoms. The second kappa shape index (κ2) is 15.9. The Bertz CT molecular complexity index is 1010. The number of hydrogen-bond donors (Lipinski definition) is 0. The molecule has 3 aromatic rings. The summed E-state index contributed by atoms with van der Waals surface area (Å²) in [5.41, 5.74) is 4.42. The SMILES string of the molecule is C=C(CC)c1ccccn1.CC.CC.COc1cc(C)c(-c2nccn2C)c(C(C)(C)[C@@H](C)F)c1. The van der Waals surface area contributed by atoms with Crippen LogP contribution in [0.15, 0.2) is 55.5 Å². The van der Waals surface area contributed by atoms with Crippen molar-refractivity contribution >= 4 is 5.57 Å². The summed E-state index contributed by atoms with van der Waals surface area (Å²) in [6, 6.07) is 9.75. The zero-order valence-corrected chi connectivity index (χ0v) is 23.7. The van der Waals surface area contributed by atoms with Gasteiger partial charge in [-0.3, -0.25) is 4.98 Å². The zero-order valence-electron chi connectivity index (χ0n) is 23.7. The molecular weight excluding hydrogens is 437 g/mol. The van der Waals surface area contributed by atoms with Crippen molar-refractivity contribution in [2.24, 2.45) is 7.05 Å². The molecule has 0 aliphatic rings. The highest BCUT2D eigenvalue weighted by Gasteiger charge is 2.32. The van der Waals surface area contributed by atoms with E-state index in [2.05, 4.69) is 23.5 Å². The van der Waals surface area contributed by atoms with Gasteiger partial charge >= 0.3 is 0 Å². The van der Waals surface area contributed by atoms with Gasteiger partial charge in [0.15, 0.2) is 0 Å². The van der Waals surface area contributed by atoms with Gasteiger partial charge in [-0.05, 0) is 61.2 Å². The second-order valence-corrected chi connectivity index (χ2v) is 8.24. The number of methoxy groups -OCH3 is 1. The number of pyridine rings is 1. The molecule has 0 bridgehead atoms. The number of allylic oxidation sites excluding steroid dienone is 1. The number of rotatable bonds is 6. The van der Waals surface area contributed by atoms with Gasteiger partial charge in [-0.1, -0.05) is 61.1 Å². The fourth-order valence-corrected chi connectivity index (χ4v) is 3.25. The first-order valence-electron chi connectivity index (χ1n) is 12.5. The lowest BCUT2D eigenvalue weighted by Crippen LogP contribution is -2.29. The topological polar surface area (TPSA) is 39.9 Å². The van der Waals surface area contributed by atoms with E-state index in [1.54, 1.807) is 26.4 Å². The summed E-state index contributed by atoms with van der Waals surface area (Å²) in [6.45, 7) is 21.4. The molecule has 4 nitrogen and oxygen atoms in total. The summed E-state index contributed by atoms with van der Waals surface area (Å²) >= 11 is 0. The van der Waals surface area contributed by atoms with Gasteiger partial charge in [0.25, 0.3) is 0 Å². The Morgan fingerprint density at radius 1 is 1.11 bits per heavy atom. The first-order chi connectivity index (χ1) is 16.6. The lowest BCUT2D eigenvalue weighted by atomic mass is 9.77. The molecule has 2 aromatic heterocycles. The van der Waals surface area contributed by atoms with Crippen LogP contribution in [0.2, 0.25) is 0 Å². The van der Waals surface area contributed by atoms with E-state index >= 15 is 0 Å². The molecule has 1 atom stereocenters. The highest BCUT2D eigenvalue weighted by molar-refractivity contribution is 5.69. The van der Waals surface area contributed by atoms with Gasteiger partial charge in [0, 0.05) is 36.6 Å². The number of benzene rings is 1. The Hall–Kier alpha value is -2.95. The number of halogens is 1. The number of aromatic nitrogens is 3. The van der Waals surface area contributed by atoms with E-state index in [0.29, 0.717) is 0 Å². The highest BCUT2D eigenvalue weighted by atomic mass is 19.1. The molecule has 1 aromatic carbocycles. The van der Waals surface area contributed by atoms with Gasteiger partial charge in [-0.25, -0.2) is 9.37 Å². The molecule has 0 unspecified atom stereocenters. The first kappa shape index (κ1) is 32.0. The highest BCUT2D eigenvalue weighted by Crippen LogP contribution is 2.40. The smallest absolute Gasteiger partial charge is 0.140 e. The maximum absolute atomic E-state index is 14.2. The molecule has 0 saturated heterocycles. The van der Waals surface area contributed by atoms with Gasteiger partial charge in [-0.15, -0.1) is 0 Å². The molecule has 0 aliphatic carbocycles. The summed E-state index contributed by atoms with van der Waals surface area (Å²) in [5.74, 6) is 1.59. The molecule has 0 spiro atoms. The zero-order chi connectivity index (χ0) is 27.2. The minimum Gasteiger partial charge on any atom is -0.497 e. The molecule has 0 fully saturated rings. The molecule has 5 heteroatoms. The van der Waals surface area contributed by atoms with Crippen LogP contribution in [-0.2, 0) is 12.5 Å². The summed E-state index contributed by atoms with van der Waals surface area (Å²) in [4.78, 5) is 8.59. The predicted octanol–water partition coefficient (Wildman–Crippen LogP) is 8.60. The van der Waals surface area contributed by atoms with Crippen LogP contribution in [0.1, 0.15) is 78.6 Å². The van der Waals surface area contributed by atoms with Crippen LogP contribution in [0.5, 0.6) is 5.75 Å². The number of alkyl halides is 1. The Morgan fingerprint density at radius 2 is 1.74 bits per heavy atom. The van der Waals surface area contributed by atoms with E-state index < -0.39 is 11.6 Å². The van der Waals surface area contributed by atoms with Gasteiger partial charge in [0.05, 0.1) is 12.8 Å². The molecule has 194 valence electrons. The van der Waals surface area contributed by atoms with Crippen LogP contribution in [0.3, 0.4) is 0 Å².